The van der Waals surface area contributed by atoms with Gasteiger partial charge in [0, 0.05) is 5.56 Å². The molecule has 0 heterocycles. The first-order chi connectivity index (χ1) is 7.24. The Morgan fingerprint density at radius 2 is 2.20 bits per heavy atom. The Hall–Kier alpha value is -1.50. The third-order valence-corrected chi connectivity index (χ3v) is 1.99. The lowest BCUT2D eigenvalue weighted by atomic mass is 10.2. The molecule has 1 amide bonds. The average molecular weight is 223 g/mol. The van der Waals surface area contributed by atoms with Gasteiger partial charge in [-0.15, -0.1) is 0 Å². The average Bonchev–Trinajstić information content (AvgIpc) is 2.26. The van der Waals surface area contributed by atoms with E-state index in [9.17, 15) is 4.79 Å². The van der Waals surface area contributed by atoms with Crippen molar-refractivity contribution >= 4 is 17.5 Å². The summed E-state index contributed by atoms with van der Waals surface area (Å²) in [4.78, 5) is 10.8. The number of halogens is 1. The summed E-state index contributed by atoms with van der Waals surface area (Å²) in [6, 6.07) is 7.28. The molecule has 3 nitrogen and oxygen atoms in total. The quantitative estimate of drug-likeness (QED) is 0.727. The monoisotopic (exact) mass is 222 g/mol. The van der Waals surface area contributed by atoms with Crippen LogP contribution >= 0.6 is 11.6 Å². The molecule has 0 saturated carbocycles. The molecule has 1 aromatic rings. The van der Waals surface area contributed by atoms with E-state index in [4.69, 9.17) is 17.3 Å². The Morgan fingerprint density at radius 1 is 1.47 bits per heavy atom. The van der Waals surface area contributed by atoms with Crippen LogP contribution in [0.3, 0.4) is 0 Å². The van der Waals surface area contributed by atoms with E-state index in [1.165, 1.54) is 0 Å². The third kappa shape index (κ3) is 4.03. The molecule has 0 aliphatic heterocycles. The van der Waals surface area contributed by atoms with Crippen LogP contribution in [0.1, 0.15) is 5.56 Å². The largest absolute Gasteiger partial charge is 0.344 e. The van der Waals surface area contributed by atoms with Crippen molar-refractivity contribution in [2.75, 3.05) is 13.1 Å². The zero-order chi connectivity index (χ0) is 11.1. The first-order valence-electron chi connectivity index (χ1n) is 4.44. The minimum absolute atomic E-state index is 0.0201. The molecule has 15 heavy (non-hydrogen) atoms. The van der Waals surface area contributed by atoms with E-state index in [1.54, 1.807) is 6.07 Å². The second kappa shape index (κ2) is 6.07. The van der Waals surface area contributed by atoms with E-state index in [1.807, 2.05) is 18.2 Å². The van der Waals surface area contributed by atoms with Crippen LogP contribution in [0.2, 0.25) is 5.02 Å². The van der Waals surface area contributed by atoms with Gasteiger partial charge >= 0.3 is 0 Å². The Kier molecular flexibility index (Phi) is 4.69. The maximum Gasteiger partial charge on any atom is 0.234 e. The van der Waals surface area contributed by atoms with Gasteiger partial charge in [-0.2, -0.15) is 0 Å². The summed E-state index contributed by atoms with van der Waals surface area (Å²) < 4.78 is 0. The third-order valence-electron chi connectivity index (χ3n) is 1.66. The van der Waals surface area contributed by atoms with Crippen LogP contribution < -0.4 is 11.1 Å². The Bertz CT molecular complexity index is 407. The van der Waals surface area contributed by atoms with Gasteiger partial charge in [0.2, 0.25) is 5.91 Å². The zero-order valence-electron chi connectivity index (χ0n) is 8.09. The van der Waals surface area contributed by atoms with Crippen molar-refractivity contribution in [3.63, 3.8) is 0 Å². The molecule has 0 atom stereocenters. The summed E-state index contributed by atoms with van der Waals surface area (Å²) in [5.74, 6) is 5.42. The van der Waals surface area contributed by atoms with Crippen LogP contribution in [0.4, 0.5) is 0 Å². The minimum Gasteiger partial charge on any atom is -0.344 e. The molecule has 1 aromatic carbocycles. The van der Waals surface area contributed by atoms with Gasteiger partial charge < -0.3 is 11.1 Å². The molecule has 0 aromatic heterocycles. The normalized spacial score (nSPS) is 8.93. The van der Waals surface area contributed by atoms with Gasteiger partial charge in [0.1, 0.15) is 0 Å². The van der Waals surface area contributed by atoms with Gasteiger partial charge in [-0.05, 0) is 12.1 Å². The predicted molar refractivity (Wildman–Crippen MR) is 60.4 cm³/mol. The summed E-state index contributed by atoms with van der Waals surface area (Å²) in [5, 5.41) is 3.15. The number of nitrogens with one attached hydrogen (secondary N) is 1. The van der Waals surface area contributed by atoms with Crippen molar-refractivity contribution in [2.45, 2.75) is 0 Å². The molecule has 78 valence electrons. The fraction of sp³-hybridized carbons (Fsp3) is 0.182. The minimum atomic E-state index is -0.219. The van der Waals surface area contributed by atoms with E-state index in [2.05, 4.69) is 17.2 Å². The number of hydrogen-bond donors (Lipinski definition) is 2. The molecular formula is C11H11ClN2O. The lowest BCUT2D eigenvalue weighted by Crippen LogP contribution is -2.30. The van der Waals surface area contributed by atoms with Crippen LogP contribution in [0.5, 0.6) is 0 Å². The van der Waals surface area contributed by atoms with Crippen LogP contribution in [-0.2, 0) is 4.79 Å². The maximum absolute atomic E-state index is 10.8. The van der Waals surface area contributed by atoms with E-state index >= 15 is 0 Å². The molecule has 0 radical (unpaired) electrons. The Balaban J connectivity index is 2.52. The lowest BCUT2D eigenvalue weighted by molar-refractivity contribution is -0.119. The zero-order valence-corrected chi connectivity index (χ0v) is 8.84. The fourth-order valence-corrected chi connectivity index (χ4v) is 1.10. The van der Waals surface area contributed by atoms with Crippen LogP contribution in [-0.4, -0.2) is 19.0 Å². The van der Waals surface area contributed by atoms with Gasteiger partial charge in [-0.25, -0.2) is 0 Å². The molecule has 3 N–H and O–H groups in total. The lowest BCUT2D eigenvalue weighted by Gasteiger charge is -1.96. The Labute approximate surface area is 93.6 Å². The van der Waals surface area contributed by atoms with E-state index in [0.29, 0.717) is 5.02 Å². The highest BCUT2D eigenvalue weighted by molar-refractivity contribution is 6.31. The van der Waals surface area contributed by atoms with Crippen molar-refractivity contribution in [2.24, 2.45) is 5.73 Å². The van der Waals surface area contributed by atoms with Crippen molar-refractivity contribution in [1.82, 2.24) is 5.32 Å². The number of hydrogen-bond acceptors (Lipinski definition) is 2. The van der Waals surface area contributed by atoms with Gasteiger partial charge in [-0.3, -0.25) is 4.79 Å². The summed E-state index contributed by atoms with van der Waals surface area (Å²) in [7, 11) is 0. The highest BCUT2D eigenvalue weighted by Gasteiger charge is 1.93. The number of carbonyl (C=O) groups excluding carboxylic acids is 1. The van der Waals surface area contributed by atoms with Gasteiger partial charge in [0.15, 0.2) is 0 Å². The number of benzene rings is 1. The van der Waals surface area contributed by atoms with Crippen molar-refractivity contribution in [3.8, 4) is 11.8 Å². The predicted octanol–water partition coefficient (Wildman–Crippen LogP) is 0.766. The molecule has 0 spiro atoms. The molecule has 0 aliphatic rings. The molecule has 0 fully saturated rings. The smallest absolute Gasteiger partial charge is 0.234 e. The number of rotatable bonds is 2. The van der Waals surface area contributed by atoms with Gasteiger partial charge in [0.05, 0.1) is 18.1 Å². The van der Waals surface area contributed by atoms with E-state index < -0.39 is 0 Å². The summed E-state index contributed by atoms with van der Waals surface area (Å²) in [6.45, 7) is 0.259. The van der Waals surface area contributed by atoms with Gasteiger partial charge in [0.25, 0.3) is 0 Å². The van der Waals surface area contributed by atoms with Crippen molar-refractivity contribution < 1.29 is 4.79 Å². The number of nitrogens with two attached hydrogens (primary N) is 1. The van der Waals surface area contributed by atoms with Crippen LogP contribution in [0, 0.1) is 11.8 Å². The SMILES string of the molecule is NCC(=O)NCC#Cc1ccccc1Cl. The Morgan fingerprint density at radius 3 is 2.87 bits per heavy atom. The fourth-order valence-electron chi connectivity index (χ4n) is 0.917. The summed E-state index contributed by atoms with van der Waals surface area (Å²) in [6.07, 6.45) is 0. The molecule has 4 heteroatoms. The molecular weight excluding hydrogens is 212 g/mol. The molecule has 0 aliphatic carbocycles. The topological polar surface area (TPSA) is 55.1 Å². The molecule has 0 saturated heterocycles. The first kappa shape index (κ1) is 11.6. The molecule has 0 bridgehead atoms. The molecule has 0 unspecified atom stereocenters. The number of amides is 1. The summed E-state index contributed by atoms with van der Waals surface area (Å²) in [5.41, 5.74) is 5.86. The molecule has 1 rings (SSSR count). The highest BCUT2D eigenvalue weighted by Crippen LogP contribution is 2.12. The van der Waals surface area contributed by atoms with E-state index in [0.717, 1.165) is 5.56 Å². The van der Waals surface area contributed by atoms with Crippen LogP contribution in [0.15, 0.2) is 24.3 Å². The second-order valence-corrected chi connectivity index (χ2v) is 3.17. The highest BCUT2D eigenvalue weighted by atomic mass is 35.5. The number of carbonyl (C=O) groups is 1. The van der Waals surface area contributed by atoms with Crippen LogP contribution in [0.25, 0.3) is 0 Å². The van der Waals surface area contributed by atoms with E-state index in [-0.39, 0.29) is 19.0 Å². The van der Waals surface area contributed by atoms with Crippen molar-refractivity contribution in [3.05, 3.63) is 34.9 Å². The van der Waals surface area contributed by atoms with Crippen molar-refractivity contribution in [1.29, 1.82) is 0 Å². The standard InChI is InChI=1S/C11H11ClN2O/c12-10-6-2-1-4-9(10)5-3-7-14-11(15)8-13/h1-2,4,6H,7-8,13H2,(H,14,15). The first-order valence-corrected chi connectivity index (χ1v) is 4.82. The second-order valence-electron chi connectivity index (χ2n) is 2.76. The van der Waals surface area contributed by atoms with Gasteiger partial charge in [-0.1, -0.05) is 35.6 Å². The maximum atomic E-state index is 10.8. The summed E-state index contributed by atoms with van der Waals surface area (Å²) >= 11 is 5.88.